The molecule has 1 saturated carbocycles. The maximum absolute atomic E-state index is 11.6. The topological polar surface area (TPSA) is 81.1 Å². The van der Waals surface area contributed by atoms with Gasteiger partial charge in [0.25, 0.3) is 0 Å². The van der Waals surface area contributed by atoms with Gasteiger partial charge in [-0.05, 0) is 38.0 Å². The third-order valence-electron chi connectivity index (χ3n) is 6.68. The zero-order chi connectivity index (χ0) is 22.1. The Hall–Kier alpha value is -1.70. The number of carbonyl (C=O) groups is 1. The van der Waals surface area contributed by atoms with Gasteiger partial charge < -0.3 is 19.3 Å². The second kappa shape index (κ2) is 11.8. The molecule has 3 unspecified atom stereocenters. The standard InChI is InChI=1S/C24H38N2O5/c1-3-8-24(2,28)21-7-5-4-6-19(21)18-31-22-16-25-23(15-20(22)17-27)30-14-11-26-9-12-29-13-10-26/h15-17,19,21,28H,3-14,18H2,1-2H3. The number of hydrogen-bond donors (Lipinski definition) is 1. The number of hydrogen-bond acceptors (Lipinski definition) is 7. The molecule has 31 heavy (non-hydrogen) atoms. The normalized spacial score (nSPS) is 24.4. The van der Waals surface area contributed by atoms with Crippen LogP contribution < -0.4 is 9.47 Å². The molecule has 0 bridgehead atoms. The van der Waals surface area contributed by atoms with E-state index >= 15 is 0 Å². The van der Waals surface area contributed by atoms with E-state index in [0.717, 1.165) is 77.7 Å². The van der Waals surface area contributed by atoms with Crippen molar-refractivity contribution in [2.75, 3.05) is 46.1 Å². The first-order valence-electron chi connectivity index (χ1n) is 11.8. The molecule has 2 aliphatic rings. The molecule has 1 aromatic heterocycles. The third kappa shape index (κ3) is 6.89. The lowest BCUT2D eigenvalue weighted by Crippen LogP contribution is -2.42. The number of rotatable bonds is 11. The summed E-state index contributed by atoms with van der Waals surface area (Å²) in [5.74, 6) is 1.41. The summed E-state index contributed by atoms with van der Waals surface area (Å²) in [4.78, 5) is 18.3. The number of aromatic nitrogens is 1. The van der Waals surface area contributed by atoms with E-state index < -0.39 is 5.60 Å². The fourth-order valence-corrected chi connectivity index (χ4v) is 4.95. The summed E-state index contributed by atoms with van der Waals surface area (Å²) < 4.78 is 17.1. The van der Waals surface area contributed by atoms with Gasteiger partial charge in [0.2, 0.25) is 5.88 Å². The number of carbonyl (C=O) groups excluding carboxylic acids is 1. The van der Waals surface area contributed by atoms with Crippen LogP contribution in [0.4, 0.5) is 0 Å². The van der Waals surface area contributed by atoms with E-state index in [-0.39, 0.29) is 11.8 Å². The molecule has 0 amide bonds. The van der Waals surface area contributed by atoms with E-state index in [9.17, 15) is 9.90 Å². The summed E-state index contributed by atoms with van der Waals surface area (Å²) in [5.41, 5.74) is -0.225. The average Bonchev–Trinajstić information content (AvgIpc) is 2.79. The predicted octanol–water partition coefficient (Wildman–Crippen LogP) is 3.34. The van der Waals surface area contributed by atoms with Crippen molar-refractivity contribution in [2.24, 2.45) is 11.8 Å². The van der Waals surface area contributed by atoms with E-state index in [2.05, 4.69) is 16.8 Å². The number of pyridine rings is 1. The maximum Gasteiger partial charge on any atom is 0.214 e. The molecular formula is C24H38N2O5. The molecule has 3 rings (SSSR count). The first-order chi connectivity index (χ1) is 15.0. The zero-order valence-electron chi connectivity index (χ0n) is 19.1. The highest BCUT2D eigenvalue weighted by atomic mass is 16.5. The van der Waals surface area contributed by atoms with Crippen LogP contribution in [-0.2, 0) is 4.74 Å². The Labute approximate surface area is 186 Å². The molecule has 3 atom stereocenters. The first-order valence-corrected chi connectivity index (χ1v) is 11.8. The molecule has 7 heteroatoms. The van der Waals surface area contributed by atoms with Gasteiger partial charge in [-0.25, -0.2) is 4.98 Å². The Morgan fingerprint density at radius 2 is 2.06 bits per heavy atom. The Bertz CT molecular complexity index is 691. The van der Waals surface area contributed by atoms with Gasteiger partial charge in [0.15, 0.2) is 6.29 Å². The SMILES string of the molecule is CCCC(C)(O)C1CCCCC1COc1cnc(OCCN2CCOCC2)cc1C=O. The summed E-state index contributed by atoms with van der Waals surface area (Å²) in [6, 6.07) is 1.65. The summed E-state index contributed by atoms with van der Waals surface area (Å²) >= 11 is 0. The van der Waals surface area contributed by atoms with Gasteiger partial charge in [-0.1, -0.05) is 26.2 Å². The summed E-state index contributed by atoms with van der Waals surface area (Å²) in [6.07, 6.45) is 8.50. The van der Waals surface area contributed by atoms with Crippen LogP contribution in [0.1, 0.15) is 62.7 Å². The van der Waals surface area contributed by atoms with E-state index in [1.807, 2.05) is 6.92 Å². The van der Waals surface area contributed by atoms with Crippen molar-refractivity contribution in [3.63, 3.8) is 0 Å². The van der Waals surface area contributed by atoms with Gasteiger partial charge in [-0.2, -0.15) is 0 Å². The van der Waals surface area contributed by atoms with Crippen LogP contribution in [0.15, 0.2) is 12.3 Å². The van der Waals surface area contributed by atoms with Gasteiger partial charge in [-0.15, -0.1) is 0 Å². The van der Waals surface area contributed by atoms with Crippen LogP contribution in [0, 0.1) is 11.8 Å². The van der Waals surface area contributed by atoms with Gasteiger partial charge in [-0.3, -0.25) is 9.69 Å². The van der Waals surface area contributed by atoms with Gasteiger partial charge >= 0.3 is 0 Å². The predicted molar refractivity (Wildman–Crippen MR) is 119 cm³/mol. The number of aldehydes is 1. The Morgan fingerprint density at radius 3 is 2.81 bits per heavy atom. The van der Waals surface area contributed by atoms with Crippen LogP contribution in [-0.4, -0.2) is 72.9 Å². The zero-order valence-corrected chi connectivity index (χ0v) is 19.1. The number of ether oxygens (including phenoxy) is 3. The molecule has 0 spiro atoms. The fraction of sp³-hybridized carbons (Fsp3) is 0.750. The van der Waals surface area contributed by atoms with Crippen LogP contribution >= 0.6 is 0 Å². The second-order valence-electron chi connectivity index (χ2n) is 9.05. The van der Waals surface area contributed by atoms with Crippen LogP contribution in [0.3, 0.4) is 0 Å². The van der Waals surface area contributed by atoms with Gasteiger partial charge in [0, 0.05) is 25.7 Å². The number of nitrogens with zero attached hydrogens (tertiary/aromatic N) is 2. The largest absolute Gasteiger partial charge is 0.491 e. The molecule has 1 aliphatic heterocycles. The van der Waals surface area contributed by atoms with Crippen molar-refractivity contribution in [1.82, 2.24) is 9.88 Å². The number of morpholine rings is 1. The fourth-order valence-electron chi connectivity index (χ4n) is 4.95. The summed E-state index contributed by atoms with van der Waals surface area (Å²) in [5, 5.41) is 11.0. The maximum atomic E-state index is 11.6. The average molecular weight is 435 g/mol. The monoisotopic (exact) mass is 434 g/mol. The third-order valence-corrected chi connectivity index (χ3v) is 6.68. The lowest BCUT2D eigenvalue weighted by Gasteiger charge is -2.41. The molecule has 0 radical (unpaired) electrons. The van der Waals surface area contributed by atoms with Crippen molar-refractivity contribution < 1.29 is 24.1 Å². The molecule has 2 heterocycles. The van der Waals surface area contributed by atoms with Crippen molar-refractivity contribution >= 4 is 6.29 Å². The highest BCUT2D eigenvalue weighted by Crippen LogP contribution is 2.40. The molecule has 0 aromatic carbocycles. The van der Waals surface area contributed by atoms with Crippen LogP contribution in [0.5, 0.6) is 11.6 Å². The molecule has 1 aliphatic carbocycles. The lowest BCUT2D eigenvalue weighted by molar-refractivity contribution is -0.0579. The Balaban J connectivity index is 1.55. The smallest absolute Gasteiger partial charge is 0.214 e. The van der Waals surface area contributed by atoms with E-state index in [0.29, 0.717) is 30.4 Å². The van der Waals surface area contributed by atoms with Crippen LogP contribution in [0.25, 0.3) is 0 Å². The molecule has 1 aromatic rings. The van der Waals surface area contributed by atoms with Crippen molar-refractivity contribution in [3.8, 4) is 11.6 Å². The van der Waals surface area contributed by atoms with Crippen molar-refractivity contribution in [3.05, 3.63) is 17.8 Å². The minimum atomic E-state index is -0.673. The Kier molecular flexibility index (Phi) is 9.11. The molecule has 7 nitrogen and oxygen atoms in total. The number of aliphatic hydroxyl groups is 1. The summed E-state index contributed by atoms with van der Waals surface area (Å²) in [7, 11) is 0. The second-order valence-corrected chi connectivity index (χ2v) is 9.05. The molecule has 174 valence electrons. The molecular weight excluding hydrogens is 396 g/mol. The van der Waals surface area contributed by atoms with Crippen LogP contribution in [0.2, 0.25) is 0 Å². The van der Waals surface area contributed by atoms with E-state index in [1.54, 1.807) is 12.3 Å². The van der Waals surface area contributed by atoms with Gasteiger partial charge in [0.05, 0.1) is 37.2 Å². The minimum absolute atomic E-state index is 0.219. The highest BCUT2D eigenvalue weighted by Gasteiger charge is 2.38. The van der Waals surface area contributed by atoms with Gasteiger partial charge in [0.1, 0.15) is 12.4 Å². The summed E-state index contributed by atoms with van der Waals surface area (Å²) in [6.45, 7) is 9.22. The lowest BCUT2D eigenvalue weighted by atomic mass is 9.69. The van der Waals surface area contributed by atoms with E-state index in [1.165, 1.54) is 0 Å². The van der Waals surface area contributed by atoms with Crippen molar-refractivity contribution in [1.29, 1.82) is 0 Å². The molecule has 1 saturated heterocycles. The minimum Gasteiger partial charge on any atom is -0.491 e. The highest BCUT2D eigenvalue weighted by molar-refractivity contribution is 5.79. The first kappa shape index (κ1) is 24.0. The van der Waals surface area contributed by atoms with Crippen molar-refractivity contribution in [2.45, 2.75) is 58.0 Å². The molecule has 1 N–H and O–H groups in total. The quantitative estimate of drug-likeness (QED) is 0.535. The van der Waals surface area contributed by atoms with E-state index in [4.69, 9.17) is 14.2 Å². The Morgan fingerprint density at radius 1 is 1.29 bits per heavy atom. The molecule has 2 fully saturated rings.